The van der Waals surface area contributed by atoms with E-state index in [-0.39, 0.29) is 5.56 Å². The Morgan fingerprint density at radius 1 is 1.45 bits per heavy atom. The number of carboxylic acid groups (broad SMARTS) is 1. The predicted octanol–water partition coefficient (Wildman–Crippen LogP) is 1.66. The average Bonchev–Trinajstić information content (AvgIpc) is 3.17. The number of carbonyl (C=O) groups is 2. The maximum Gasteiger partial charge on any atom is 0.335 e. The number of nitrogens with zero attached hydrogens (tertiary/aromatic N) is 2. The van der Waals surface area contributed by atoms with Crippen LogP contribution in [0, 0.1) is 0 Å². The Hall–Kier alpha value is -2.37. The molecule has 1 aliphatic rings. The van der Waals surface area contributed by atoms with Crippen molar-refractivity contribution in [2.24, 2.45) is 5.73 Å². The van der Waals surface area contributed by atoms with E-state index in [0.29, 0.717) is 11.4 Å². The summed E-state index contributed by atoms with van der Waals surface area (Å²) in [6.45, 7) is 1.74. The maximum atomic E-state index is 11.5. The van der Waals surface area contributed by atoms with Crippen molar-refractivity contribution in [1.82, 2.24) is 9.55 Å². The van der Waals surface area contributed by atoms with Gasteiger partial charge in [0.05, 0.1) is 16.6 Å². The van der Waals surface area contributed by atoms with Crippen molar-refractivity contribution >= 4 is 22.9 Å². The van der Waals surface area contributed by atoms with Crippen LogP contribution in [0.1, 0.15) is 47.9 Å². The van der Waals surface area contributed by atoms with Gasteiger partial charge in [0, 0.05) is 5.92 Å². The summed E-state index contributed by atoms with van der Waals surface area (Å²) in [6.07, 6.45) is 2.08. The van der Waals surface area contributed by atoms with Crippen molar-refractivity contribution in [3.8, 4) is 0 Å². The number of hydrogen-bond acceptors (Lipinski definition) is 3. The first-order chi connectivity index (χ1) is 9.49. The molecule has 1 aromatic carbocycles. The van der Waals surface area contributed by atoms with Gasteiger partial charge in [0.1, 0.15) is 11.9 Å². The van der Waals surface area contributed by atoms with Gasteiger partial charge in [0.15, 0.2) is 0 Å². The molecule has 2 aromatic rings. The second-order valence-corrected chi connectivity index (χ2v) is 5.20. The number of imidazole rings is 1. The Morgan fingerprint density at radius 3 is 2.70 bits per heavy atom. The summed E-state index contributed by atoms with van der Waals surface area (Å²) >= 11 is 0. The number of carboxylic acids is 1. The summed E-state index contributed by atoms with van der Waals surface area (Å²) < 4.78 is 1.83. The van der Waals surface area contributed by atoms with Crippen LogP contribution in [0.4, 0.5) is 0 Å². The summed E-state index contributed by atoms with van der Waals surface area (Å²) in [7, 11) is 0. The number of hydrogen-bond donors (Lipinski definition) is 2. The average molecular weight is 273 g/mol. The monoisotopic (exact) mass is 273 g/mol. The number of primary amides is 1. The van der Waals surface area contributed by atoms with E-state index in [1.165, 1.54) is 12.1 Å². The summed E-state index contributed by atoms with van der Waals surface area (Å²) in [5, 5.41) is 9.03. The topological polar surface area (TPSA) is 98.2 Å². The molecule has 1 aromatic heterocycles. The van der Waals surface area contributed by atoms with Gasteiger partial charge in [0.2, 0.25) is 5.91 Å². The standard InChI is InChI=1S/C14H15N3O3/c1-7(12(15)18)17-11-5-4-9(14(19)20)6-10(11)16-13(17)8-2-3-8/h4-8H,2-3H2,1H3,(H2,15,18)(H,19,20). The molecule has 0 aliphatic heterocycles. The highest BCUT2D eigenvalue weighted by atomic mass is 16.4. The molecular weight excluding hydrogens is 258 g/mol. The highest BCUT2D eigenvalue weighted by molar-refractivity contribution is 5.93. The molecule has 0 radical (unpaired) electrons. The molecule has 1 fully saturated rings. The maximum absolute atomic E-state index is 11.5. The van der Waals surface area contributed by atoms with Crippen LogP contribution in [0.3, 0.4) is 0 Å². The fourth-order valence-corrected chi connectivity index (χ4v) is 2.41. The molecule has 1 amide bonds. The third-order valence-corrected chi connectivity index (χ3v) is 3.71. The summed E-state index contributed by atoms with van der Waals surface area (Å²) in [5.41, 5.74) is 6.95. The molecule has 0 spiro atoms. The first-order valence-corrected chi connectivity index (χ1v) is 6.53. The second-order valence-electron chi connectivity index (χ2n) is 5.20. The van der Waals surface area contributed by atoms with Gasteiger partial charge in [-0.1, -0.05) is 0 Å². The van der Waals surface area contributed by atoms with Crippen molar-refractivity contribution < 1.29 is 14.7 Å². The Labute approximate surface area is 115 Å². The summed E-state index contributed by atoms with van der Waals surface area (Å²) in [5.74, 6) is -0.239. The molecule has 104 valence electrons. The van der Waals surface area contributed by atoms with Crippen LogP contribution in [-0.2, 0) is 4.79 Å². The minimum Gasteiger partial charge on any atom is -0.478 e. The number of rotatable bonds is 4. The number of aromatic carboxylic acids is 1. The minimum absolute atomic E-state index is 0.191. The molecule has 3 rings (SSSR count). The van der Waals surface area contributed by atoms with Gasteiger partial charge < -0.3 is 15.4 Å². The van der Waals surface area contributed by atoms with Gasteiger partial charge in [-0.3, -0.25) is 4.79 Å². The Morgan fingerprint density at radius 2 is 2.15 bits per heavy atom. The van der Waals surface area contributed by atoms with E-state index >= 15 is 0 Å². The van der Waals surface area contributed by atoms with Crippen molar-refractivity contribution in [1.29, 1.82) is 0 Å². The van der Waals surface area contributed by atoms with Gasteiger partial charge >= 0.3 is 5.97 Å². The predicted molar refractivity (Wildman–Crippen MR) is 72.6 cm³/mol. The number of nitrogens with two attached hydrogens (primary N) is 1. The van der Waals surface area contributed by atoms with Gasteiger partial charge in [-0.15, -0.1) is 0 Å². The fraction of sp³-hybridized carbons (Fsp3) is 0.357. The van der Waals surface area contributed by atoms with E-state index in [9.17, 15) is 9.59 Å². The van der Waals surface area contributed by atoms with Gasteiger partial charge in [-0.25, -0.2) is 9.78 Å². The zero-order valence-electron chi connectivity index (χ0n) is 11.0. The van der Waals surface area contributed by atoms with Crippen molar-refractivity contribution in [2.45, 2.75) is 31.7 Å². The van der Waals surface area contributed by atoms with Gasteiger partial charge in [-0.05, 0) is 38.0 Å². The summed E-state index contributed by atoms with van der Waals surface area (Å²) in [6, 6.07) is 4.25. The number of fused-ring (bicyclic) bond motifs is 1. The molecule has 6 heteroatoms. The third kappa shape index (κ3) is 1.93. The Kier molecular flexibility index (Phi) is 2.74. The van der Waals surface area contributed by atoms with Gasteiger partial charge in [-0.2, -0.15) is 0 Å². The molecule has 1 saturated carbocycles. The van der Waals surface area contributed by atoms with Crippen LogP contribution in [0.15, 0.2) is 18.2 Å². The van der Waals surface area contributed by atoms with Gasteiger partial charge in [0.25, 0.3) is 0 Å². The molecule has 1 heterocycles. The number of amides is 1. The SMILES string of the molecule is CC(C(N)=O)n1c(C2CC2)nc2cc(C(=O)O)ccc21. The zero-order valence-corrected chi connectivity index (χ0v) is 11.0. The lowest BCUT2D eigenvalue weighted by atomic mass is 10.2. The highest BCUT2D eigenvalue weighted by Gasteiger charge is 2.32. The Balaban J connectivity index is 2.22. The highest BCUT2D eigenvalue weighted by Crippen LogP contribution is 2.41. The number of carbonyl (C=O) groups excluding carboxylic acids is 1. The molecule has 20 heavy (non-hydrogen) atoms. The second kappa shape index (κ2) is 4.33. The van der Waals surface area contributed by atoms with Crippen LogP contribution in [0.2, 0.25) is 0 Å². The molecule has 3 N–H and O–H groups in total. The molecule has 1 unspecified atom stereocenters. The van der Waals surface area contributed by atoms with Crippen LogP contribution in [0.25, 0.3) is 11.0 Å². The quantitative estimate of drug-likeness (QED) is 0.885. The van der Waals surface area contributed by atoms with Crippen LogP contribution < -0.4 is 5.73 Å². The largest absolute Gasteiger partial charge is 0.478 e. The van der Waals surface area contributed by atoms with E-state index in [2.05, 4.69) is 4.98 Å². The van der Waals surface area contributed by atoms with Crippen molar-refractivity contribution in [3.05, 3.63) is 29.6 Å². The summed E-state index contributed by atoms with van der Waals surface area (Å²) in [4.78, 5) is 27.0. The molecule has 0 bridgehead atoms. The third-order valence-electron chi connectivity index (χ3n) is 3.71. The van der Waals surface area contributed by atoms with E-state index in [1.807, 2.05) is 4.57 Å². The van der Waals surface area contributed by atoms with E-state index in [1.54, 1.807) is 13.0 Å². The smallest absolute Gasteiger partial charge is 0.335 e. The molecule has 1 atom stereocenters. The number of benzene rings is 1. The van der Waals surface area contributed by atoms with E-state index < -0.39 is 17.9 Å². The van der Waals surface area contributed by atoms with Crippen molar-refractivity contribution in [2.75, 3.05) is 0 Å². The Bertz CT molecular complexity index is 716. The molecule has 6 nitrogen and oxygen atoms in total. The normalized spacial score (nSPS) is 16.2. The molecular formula is C14H15N3O3. The lowest BCUT2D eigenvalue weighted by molar-refractivity contribution is -0.120. The fourth-order valence-electron chi connectivity index (χ4n) is 2.41. The lowest BCUT2D eigenvalue weighted by Gasteiger charge is -2.14. The number of aromatic nitrogens is 2. The van der Waals surface area contributed by atoms with Crippen LogP contribution in [0.5, 0.6) is 0 Å². The van der Waals surface area contributed by atoms with Crippen molar-refractivity contribution in [3.63, 3.8) is 0 Å². The van der Waals surface area contributed by atoms with Crippen LogP contribution in [-0.4, -0.2) is 26.5 Å². The lowest BCUT2D eigenvalue weighted by Crippen LogP contribution is -2.25. The first-order valence-electron chi connectivity index (χ1n) is 6.53. The van der Waals surface area contributed by atoms with E-state index in [0.717, 1.165) is 24.2 Å². The van der Waals surface area contributed by atoms with Crippen LogP contribution >= 0.6 is 0 Å². The minimum atomic E-state index is -0.989. The zero-order chi connectivity index (χ0) is 14.4. The molecule has 1 aliphatic carbocycles. The first kappa shape index (κ1) is 12.7. The molecule has 0 saturated heterocycles. The van der Waals surface area contributed by atoms with E-state index in [4.69, 9.17) is 10.8 Å².